The fourth-order valence-corrected chi connectivity index (χ4v) is 6.80. The molecule has 0 radical (unpaired) electrons. The van der Waals surface area contributed by atoms with E-state index in [-0.39, 0.29) is 29.8 Å². The second-order valence-electron chi connectivity index (χ2n) is 11.4. The number of carboxylic acids is 1. The predicted octanol–water partition coefficient (Wildman–Crippen LogP) is 3.53. The third-order valence-electron chi connectivity index (χ3n) is 8.72. The molecular formula is C28H34F3N5O5. The van der Waals surface area contributed by atoms with Gasteiger partial charge >= 0.3 is 12.1 Å². The van der Waals surface area contributed by atoms with Gasteiger partial charge in [0, 0.05) is 38.7 Å². The number of benzene rings is 1. The Morgan fingerprint density at radius 2 is 1.85 bits per heavy atom. The number of alkyl halides is 3. The molecule has 2 unspecified atom stereocenters. The Morgan fingerprint density at radius 1 is 1.12 bits per heavy atom. The lowest BCUT2D eigenvalue weighted by Gasteiger charge is -2.50. The number of rotatable bonds is 7. The molecule has 2 amide bonds. The highest BCUT2D eigenvalue weighted by molar-refractivity contribution is 5.86. The molecular weight excluding hydrogens is 543 g/mol. The fraction of sp³-hybridized carbons (Fsp3) is 0.607. The van der Waals surface area contributed by atoms with Gasteiger partial charge in [0.25, 0.3) is 0 Å². The summed E-state index contributed by atoms with van der Waals surface area (Å²) >= 11 is 0. The average Bonchev–Trinajstić information content (AvgIpc) is 3.51. The lowest BCUT2D eigenvalue weighted by molar-refractivity contribution is -0.157. The zero-order valence-corrected chi connectivity index (χ0v) is 23.1. The SMILES string of the molecule is Cn1nnc(COc2cccc3c2[C@@](C)(CN2CCCC2=O)N(C(=O)C2CCCCC2C(=O)O)CC3)c1C(F)(F)F. The van der Waals surface area contributed by atoms with Gasteiger partial charge < -0.3 is 19.6 Å². The predicted molar refractivity (Wildman–Crippen MR) is 138 cm³/mol. The van der Waals surface area contributed by atoms with Crippen LogP contribution in [0.25, 0.3) is 0 Å². The minimum Gasteiger partial charge on any atom is -0.487 e. The Kier molecular flexibility index (Phi) is 7.73. The van der Waals surface area contributed by atoms with Crippen LogP contribution < -0.4 is 4.74 Å². The molecule has 1 aliphatic carbocycles. The van der Waals surface area contributed by atoms with Gasteiger partial charge in [-0.15, -0.1) is 5.10 Å². The fourth-order valence-electron chi connectivity index (χ4n) is 6.80. The standard InChI is InChI=1S/C28H34F3N5O5/c1-27(16-35-13-6-11-22(35)37)23-17(12-14-36(27)25(38)18-8-3-4-9-19(18)26(39)40)7-5-10-21(23)41-15-20-24(28(29,30)31)34(2)33-32-20/h5,7,10,18-19H,3-4,6,8-9,11-16H2,1-2H3,(H,39,40)/t18?,19?,27-/m1/s1. The molecule has 2 aromatic rings. The van der Waals surface area contributed by atoms with Crippen molar-refractivity contribution in [1.29, 1.82) is 0 Å². The average molecular weight is 578 g/mol. The molecule has 2 aliphatic heterocycles. The molecule has 3 heterocycles. The Bertz CT molecular complexity index is 1340. The van der Waals surface area contributed by atoms with Crippen molar-refractivity contribution < 1.29 is 37.4 Å². The molecule has 41 heavy (non-hydrogen) atoms. The number of halogens is 3. The van der Waals surface area contributed by atoms with Crippen molar-refractivity contribution in [1.82, 2.24) is 24.8 Å². The van der Waals surface area contributed by atoms with Crippen molar-refractivity contribution in [2.75, 3.05) is 19.6 Å². The van der Waals surface area contributed by atoms with Gasteiger partial charge in [-0.25, -0.2) is 4.68 Å². The summed E-state index contributed by atoms with van der Waals surface area (Å²) in [5, 5.41) is 17.1. The highest BCUT2D eigenvalue weighted by atomic mass is 19.4. The van der Waals surface area contributed by atoms with Crippen molar-refractivity contribution in [3.8, 4) is 5.75 Å². The largest absolute Gasteiger partial charge is 0.487 e. The number of ether oxygens (including phenoxy) is 1. The number of aliphatic carboxylic acids is 1. The van der Waals surface area contributed by atoms with E-state index >= 15 is 0 Å². The van der Waals surface area contributed by atoms with Crippen molar-refractivity contribution >= 4 is 17.8 Å². The van der Waals surface area contributed by atoms with Crippen LogP contribution in [0.1, 0.15) is 68.0 Å². The summed E-state index contributed by atoms with van der Waals surface area (Å²) in [6.07, 6.45) is -0.777. The number of likely N-dealkylation sites (tertiary alicyclic amines) is 1. The van der Waals surface area contributed by atoms with Crippen LogP contribution in [0.3, 0.4) is 0 Å². The van der Waals surface area contributed by atoms with Crippen LogP contribution in [0, 0.1) is 11.8 Å². The molecule has 2 fully saturated rings. The van der Waals surface area contributed by atoms with Gasteiger partial charge in [-0.2, -0.15) is 13.2 Å². The van der Waals surface area contributed by atoms with E-state index in [0.29, 0.717) is 55.4 Å². The van der Waals surface area contributed by atoms with E-state index in [2.05, 4.69) is 10.3 Å². The van der Waals surface area contributed by atoms with Crippen molar-refractivity contribution in [3.63, 3.8) is 0 Å². The van der Waals surface area contributed by atoms with Gasteiger partial charge in [0.2, 0.25) is 11.8 Å². The van der Waals surface area contributed by atoms with Crippen LogP contribution in [-0.2, 0) is 46.2 Å². The summed E-state index contributed by atoms with van der Waals surface area (Å²) in [5.41, 5.74) is -1.02. The number of hydrogen-bond acceptors (Lipinski definition) is 6. The number of aryl methyl sites for hydroxylation is 1. The molecule has 1 N–H and O–H groups in total. The first-order valence-electron chi connectivity index (χ1n) is 13.9. The van der Waals surface area contributed by atoms with Crippen molar-refractivity contribution in [3.05, 3.63) is 40.7 Å². The summed E-state index contributed by atoms with van der Waals surface area (Å²) in [5.74, 6) is -2.52. The number of nitrogens with zero attached hydrogens (tertiary/aromatic N) is 5. The maximum Gasteiger partial charge on any atom is 0.435 e. The van der Waals surface area contributed by atoms with Gasteiger partial charge in [-0.1, -0.05) is 30.2 Å². The number of carbonyl (C=O) groups excluding carboxylic acids is 2. The first-order chi connectivity index (χ1) is 19.4. The van der Waals surface area contributed by atoms with E-state index < -0.39 is 41.8 Å². The summed E-state index contributed by atoms with van der Waals surface area (Å²) in [6.45, 7) is 2.33. The minimum atomic E-state index is -4.68. The number of hydrogen-bond donors (Lipinski definition) is 1. The summed E-state index contributed by atoms with van der Waals surface area (Å²) in [6, 6.07) is 5.27. The number of aromatic nitrogens is 3. The molecule has 1 saturated carbocycles. The number of amides is 2. The van der Waals surface area contributed by atoms with Gasteiger partial charge in [-0.3, -0.25) is 14.4 Å². The maximum absolute atomic E-state index is 14.2. The van der Waals surface area contributed by atoms with Crippen molar-refractivity contribution in [2.45, 2.75) is 70.2 Å². The van der Waals surface area contributed by atoms with E-state index in [4.69, 9.17) is 4.74 Å². The molecule has 3 aliphatic rings. The number of fused-ring (bicyclic) bond motifs is 1. The van der Waals surface area contributed by atoms with E-state index in [9.17, 15) is 32.7 Å². The molecule has 1 aromatic heterocycles. The number of carbonyl (C=O) groups is 3. The van der Waals surface area contributed by atoms with Crippen LogP contribution in [-0.4, -0.2) is 67.3 Å². The molecule has 1 saturated heterocycles. The Morgan fingerprint density at radius 3 is 2.51 bits per heavy atom. The van der Waals surface area contributed by atoms with E-state index in [1.807, 2.05) is 13.0 Å². The van der Waals surface area contributed by atoms with E-state index in [1.165, 1.54) is 0 Å². The maximum atomic E-state index is 14.2. The Hall–Kier alpha value is -3.64. The number of carboxylic acid groups (broad SMARTS) is 1. The van der Waals surface area contributed by atoms with Crippen LogP contribution in [0.5, 0.6) is 5.75 Å². The van der Waals surface area contributed by atoms with Gasteiger partial charge in [0.05, 0.1) is 17.4 Å². The quantitative estimate of drug-likeness (QED) is 0.535. The second-order valence-corrected chi connectivity index (χ2v) is 11.4. The minimum absolute atomic E-state index is 0.0420. The monoisotopic (exact) mass is 577 g/mol. The molecule has 13 heteroatoms. The topological polar surface area (TPSA) is 118 Å². The molecule has 1 aromatic carbocycles. The third kappa shape index (κ3) is 5.38. The Balaban J connectivity index is 1.54. The molecule has 5 rings (SSSR count). The lowest BCUT2D eigenvalue weighted by Crippen LogP contribution is -2.59. The molecule has 0 spiro atoms. The summed E-state index contributed by atoms with van der Waals surface area (Å²) in [4.78, 5) is 42.4. The van der Waals surface area contributed by atoms with E-state index in [1.54, 1.807) is 21.9 Å². The lowest BCUT2D eigenvalue weighted by atomic mass is 9.75. The zero-order chi connectivity index (χ0) is 29.5. The summed E-state index contributed by atoms with van der Waals surface area (Å²) in [7, 11) is 1.16. The van der Waals surface area contributed by atoms with Gasteiger partial charge in [-0.05, 0) is 44.2 Å². The summed E-state index contributed by atoms with van der Waals surface area (Å²) < 4.78 is 47.6. The molecule has 3 atom stereocenters. The second kappa shape index (κ2) is 11.0. The van der Waals surface area contributed by atoms with Crippen LogP contribution >= 0.6 is 0 Å². The highest BCUT2D eigenvalue weighted by Crippen LogP contribution is 2.45. The zero-order valence-electron chi connectivity index (χ0n) is 23.1. The van der Waals surface area contributed by atoms with Crippen LogP contribution in [0.2, 0.25) is 0 Å². The third-order valence-corrected chi connectivity index (χ3v) is 8.72. The molecule has 10 nitrogen and oxygen atoms in total. The first kappa shape index (κ1) is 28.9. The van der Waals surface area contributed by atoms with E-state index in [0.717, 1.165) is 25.5 Å². The van der Waals surface area contributed by atoms with Gasteiger partial charge in [0.1, 0.15) is 18.1 Å². The normalized spacial score (nSPS) is 24.9. The highest BCUT2D eigenvalue weighted by Gasteiger charge is 2.49. The smallest absolute Gasteiger partial charge is 0.435 e. The van der Waals surface area contributed by atoms with Gasteiger partial charge in [0.15, 0.2) is 5.69 Å². The van der Waals surface area contributed by atoms with Crippen LogP contribution in [0.15, 0.2) is 18.2 Å². The molecule has 222 valence electrons. The van der Waals surface area contributed by atoms with Crippen LogP contribution in [0.4, 0.5) is 13.2 Å². The first-order valence-corrected chi connectivity index (χ1v) is 13.9. The Labute approximate surface area is 235 Å². The molecule has 0 bridgehead atoms. The van der Waals surface area contributed by atoms with Crippen molar-refractivity contribution in [2.24, 2.45) is 18.9 Å².